The minimum Gasteiger partial charge on any atom is -0.497 e. The SMILES string of the molecule is COc1ccc([C@@H](Cn2ccnc2)OC(=O)c2cccc(C(F)(F)F)c2)cc1. The van der Waals surface area contributed by atoms with Gasteiger partial charge >= 0.3 is 12.1 Å². The number of esters is 1. The summed E-state index contributed by atoms with van der Waals surface area (Å²) in [6.07, 6.45) is -0.409. The van der Waals surface area contributed by atoms with Crippen LogP contribution in [-0.2, 0) is 17.5 Å². The zero-order valence-electron chi connectivity index (χ0n) is 14.9. The Bertz CT molecular complexity index is 923. The summed E-state index contributed by atoms with van der Waals surface area (Å²) in [6.45, 7) is 0.261. The van der Waals surface area contributed by atoms with Crippen LogP contribution in [0.15, 0.2) is 67.3 Å². The molecule has 3 aromatic rings. The van der Waals surface area contributed by atoms with E-state index in [0.29, 0.717) is 11.3 Å². The number of aromatic nitrogens is 2. The smallest absolute Gasteiger partial charge is 0.416 e. The Morgan fingerprint density at radius 3 is 2.54 bits per heavy atom. The molecular weight excluding hydrogens is 373 g/mol. The fourth-order valence-electron chi connectivity index (χ4n) is 2.64. The second-order valence-electron chi connectivity index (χ2n) is 6.01. The monoisotopic (exact) mass is 390 g/mol. The van der Waals surface area contributed by atoms with Crippen molar-refractivity contribution in [3.63, 3.8) is 0 Å². The number of nitrogens with zero attached hydrogens (tertiary/aromatic N) is 2. The summed E-state index contributed by atoms with van der Waals surface area (Å²) >= 11 is 0. The maximum absolute atomic E-state index is 12.9. The Balaban J connectivity index is 1.85. The van der Waals surface area contributed by atoms with E-state index in [1.54, 1.807) is 47.6 Å². The van der Waals surface area contributed by atoms with Crippen LogP contribution in [0.2, 0.25) is 0 Å². The summed E-state index contributed by atoms with van der Waals surface area (Å²) in [5.74, 6) is -0.207. The molecular formula is C20H17F3N2O3. The minimum absolute atomic E-state index is 0.168. The number of benzene rings is 2. The summed E-state index contributed by atoms with van der Waals surface area (Å²) in [5.41, 5.74) is -0.397. The molecule has 0 fully saturated rings. The van der Waals surface area contributed by atoms with Crippen LogP contribution >= 0.6 is 0 Å². The number of carbonyl (C=O) groups is 1. The molecule has 0 unspecified atom stereocenters. The van der Waals surface area contributed by atoms with Crippen molar-refractivity contribution >= 4 is 5.97 Å². The predicted octanol–water partition coefficient (Wildman–Crippen LogP) is 4.51. The van der Waals surface area contributed by atoms with Gasteiger partial charge in [0, 0.05) is 12.4 Å². The Kier molecular flexibility index (Phi) is 5.67. The zero-order valence-corrected chi connectivity index (χ0v) is 14.9. The third kappa shape index (κ3) is 4.70. The summed E-state index contributed by atoms with van der Waals surface area (Å²) in [4.78, 5) is 16.5. The third-order valence-electron chi connectivity index (χ3n) is 4.10. The van der Waals surface area contributed by atoms with Crippen LogP contribution in [0, 0.1) is 0 Å². The lowest BCUT2D eigenvalue weighted by Crippen LogP contribution is -2.17. The number of imidazole rings is 1. The molecule has 0 saturated heterocycles. The highest BCUT2D eigenvalue weighted by Gasteiger charge is 2.31. The van der Waals surface area contributed by atoms with Crippen LogP contribution in [0.4, 0.5) is 13.2 Å². The van der Waals surface area contributed by atoms with Gasteiger partial charge in [-0.3, -0.25) is 0 Å². The van der Waals surface area contributed by atoms with Crippen LogP contribution in [0.1, 0.15) is 27.6 Å². The van der Waals surface area contributed by atoms with Crippen molar-refractivity contribution in [1.82, 2.24) is 9.55 Å². The first-order valence-electron chi connectivity index (χ1n) is 8.35. The molecule has 3 rings (SSSR count). The molecule has 28 heavy (non-hydrogen) atoms. The fraction of sp³-hybridized carbons (Fsp3) is 0.200. The molecule has 0 radical (unpaired) electrons. The van der Waals surface area contributed by atoms with Crippen LogP contribution in [0.5, 0.6) is 5.75 Å². The molecule has 8 heteroatoms. The second-order valence-corrected chi connectivity index (χ2v) is 6.01. The Morgan fingerprint density at radius 2 is 1.93 bits per heavy atom. The minimum atomic E-state index is -4.54. The number of alkyl halides is 3. The molecule has 1 heterocycles. The lowest BCUT2D eigenvalue weighted by molar-refractivity contribution is -0.137. The van der Waals surface area contributed by atoms with E-state index < -0.39 is 23.8 Å². The van der Waals surface area contributed by atoms with Crippen molar-refractivity contribution in [2.45, 2.75) is 18.8 Å². The first-order valence-corrected chi connectivity index (χ1v) is 8.35. The summed E-state index contributed by atoms with van der Waals surface area (Å²) in [5, 5.41) is 0. The molecule has 0 aliphatic heterocycles. The van der Waals surface area contributed by atoms with Gasteiger partial charge in [0.25, 0.3) is 0 Å². The van der Waals surface area contributed by atoms with E-state index in [2.05, 4.69) is 4.98 Å². The second kappa shape index (κ2) is 8.16. The van der Waals surface area contributed by atoms with Gasteiger partial charge in [0.2, 0.25) is 0 Å². The molecule has 0 saturated carbocycles. The number of methoxy groups -OCH3 is 1. The van der Waals surface area contributed by atoms with E-state index in [0.717, 1.165) is 12.1 Å². The predicted molar refractivity (Wildman–Crippen MR) is 94.8 cm³/mol. The van der Waals surface area contributed by atoms with E-state index in [1.165, 1.54) is 19.2 Å². The quantitative estimate of drug-likeness (QED) is 0.581. The number of hydrogen-bond acceptors (Lipinski definition) is 4. The maximum Gasteiger partial charge on any atom is 0.416 e. The van der Waals surface area contributed by atoms with Gasteiger partial charge in [-0.1, -0.05) is 18.2 Å². The number of ether oxygens (including phenoxy) is 2. The van der Waals surface area contributed by atoms with Gasteiger partial charge in [0.1, 0.15) is 11.9 Å². The Morgan fingerprint density at radius 1 is 1.18 bits per heavy atom. The van der Waals surface area contributed by atoms with E-state index in [4.69, 9.17) is 9.47 Å². The lowest BCUT2D eigenvalue weighted by Gasteiger charge is -2.19. The van der Waals surface area contributed by atoms with Crippen molar-refractivity contribution in [3.05, 3.63) is 83.9 Å². The van der Waals surface area contributed by atoms with Crippen molar-refractivity contribution in [1.29, 1.82) is 0 Å². The standard InChI is InChI=1S/C20H17F3N2O3/c1-27-17-7-5-14(6-8-17)18(12-25-10-9-24-13-25)28-19(26)15-3-2-4-16(11-15)20(21,22)23/h2-11,13,18H,12H2,1H3/t18-/m1/s1. The van der Waals surface area contributed by atoms with E-state index in [-0.39, 0.29) is 12.1 Å². The molecule has 146 valence electrons. The summed E-state index contributed by atoms with van der Waals surface area (Å²) < 4.78 is 51.1. The van der Waals surface area contributed by atoms with Crippen LogP contribution in [0.3, 0.4) is 0 Å². The first-order chi connectivity index (χ1) is 13.4. The molecule has 1 atom stereocenters. The molecule has 0 bridgehead atoms. The molecule has 0 aliphatic carbocycles. The van der Waals surface area contributed by atoms with Gasteiger partial charge in [-0.05, 0) is 35.9 Å². The molecule has 0 amide bonds. The topological polar surface area (TPSA) is 53.4 Å². The van der Waals surface area contributed by atoms with Crippen molar-refractivity contribution < 1.29 is 27.4 Å². The highest BCUT2D eigenvalue weighted by Crippen LogP contribution is 2.30. The molecule has 2 aromatic carbocycles. The van der Waals surface area contributed by atoms with E-state index >= 15 is 0 Å². The number of rotatable bonds is 6. The maximum atomic E-state index is 12.9. The average molecular weight is 390 g/mol. The number of hydrogen-bond donors (Lipinski definition) is 0. The van der Waals surface area contributed by atoms with Crippen LogP contribution in [-0.4, -0.2) is 22.6 Å². The Hall–Kier alpha value is -3.29. The highest BCUT2D eigenvalue weighted by atomic mass is 19.4. The molecule has 0 spiro atoms. The van der Waals surface area contributed by atoms with Gasteiger partial charge in [-0.15, -0.1) is 0 Å². The van der Waals surface area contributed by atoms with E-state index in [1.807, 2.05) is 0 Å². The third-order valence-corrected chi connectivity index (χ3v) is 4.10. The molecule has 0 N–H and O–H groups in total. The van der Waals surface area contributed by atoms with Crippen molar-refractivity contribution in [2.24, 2.45) is 0 Å². The first kappa shape index (κ1) is 19.5. The van der Waals surface area contributed by atoms with Gasteiger partial charge in [-0.25, -0.2) is 9.78 Å². The Labute approximate surface area is 159 Å². The summed E-state index contributed by atoms with van der Waals surface area (Å²) in [7, 11) is 1.53. The number of carbonyl (C=O) groups excluding carboxylic acids is 1. The molecule has 0 aliphatic rings. The van der Waals surface area contributed by atoms with Crippen molar-refractivity contribution in [2.75, 3.05) is 7.11 Å². The lowest BCUT2D eigenvalue weighted by atomic mass is 10.1. The van der Waals surface area contributed by atoms with E-state index in [9.17, 15) is 18.0 Å². The van der Waals surface area contributed by atoms with Crippen LogP contribution in [0.25, 0.3) is 0 Å². The highest BCUT2D eigenvalue weighted by molar-refractivity contribution is 5.89. The van der Waals surface area contributed by atoms with Gasteiger partial charge < -0.3 is 14.0 Å². The fourth-order valence-corrected chi connectivity index (χ4v) is 2.64. The zero-order chi connectivity index (χ0) is 20.1. The van der Waals surface area contributed by atoms with Crippen LogP contribution < -0.4 is 4.74 Å². The largest absolute Gasteiger partial charge is 0.497 e. The van der Waals surface area contributed by atoms with Gasteiger partial charge in [-0.2, -0.15) is 13.2 Å². The molecule has 1 aromatic heterocycles. The van der Waals surface area contributed by atoms with Gasteiger partial charge in [0.05, 0.1) is 31.1 Å². The number of halogens is 3. The van der Waals surface area contributed by atoms with Gasteiger partial charge in [0.15, 0.2) is 0 Å². The van der Waals surface area contributed by atoms with Crippen molar-refractivity contribution in [3.8, 4) is 5.75 Å². The normalized spacial score (nSPS) is 12.4. The summed E-state index contributed by atoms with van der Waals surface area (Å²) in [6, 6.07) is 11.1. The molecule has 5 nitrogen and oxygen atoms in total. The average Bonchev–Trinajstić information content (AvgIpc) is 3.20.